The third kappa shape index (κ3) is 8.31. The van der Waals surface area contributed by atoms with Crippen molar-refractivity contribution in [2.75, 3.05) is 16.5 Å². The van der Waals surface area contributed by atoms with Crippen LogP contribution in [0.4, 0.5) is 22.7 Å². The summed E-state index contributed by atoms with van der Waals surface area (Å²) in [7, 11) is 0. The van der Waals surface area contributed by atoms with Gasteiger partial charge in [0.05, 0.1) is 22.4 Å². The Bertz CT molecular complexity index is 3530. The van der Waals surface area contributed by atoms with Crippen LogP contribution in [0.5, 0.6) is 11.5 Å². The van der Waals surface area contributed by atoms with Gasteiger partial charge in [0.1, 0.15) is 24.0 Å². The Labute approximate surface area is 426 Å². The van der Waals surface area contributed by atoms with Crippen molar-refractivity contribution in [2.24, 2.45) is 0 Å². The average molecular weight is 941 g/mol. The maximum atomic E-state index is 6.90. The highest BCUT2D eigenvalue weighted by molar-refractivity contribution is 6.09. The van der Waals surface area contributed by atoms with E-state index in [2.05, 4.69) is 283 Å². The van der Waals surface area contributed by atoms with Gasteiger partial charge in [-0.15, -0.1) is 0 Å². The van der Waals surface area contributed by atoms with Crippen molar-refractivity contribution in [3.63, 3.8) is 0 Å². The molecule has 5 heteroatoms. The SMILES string of the molecule is CC(C)(C)c1ccc2c3ccc(Oc4cccc(N5CN(c6cc(C(C)(C)c7ccccc7)cc(C(C)(C)c7ccccc7)c6)c6ccccc65)c4)cc3n(-c3cc(C(C)(C)c4ccccc4)ccn3)c2c1. The number of hydrogen-bond donors (Lipinski definition) is 0. The van der Waals surface area contributed by atoms with Gasteiger partial charge in [0.2, 0.25) is 0 Å². The van der Waals surface area contributed by atoms with Gasteiger partial charge in [-0.1, -0.05) is 190 Å². The van der Waals surface area contributed by atoms with Gasteiger partial charge in [0.15, 0.2) is 0 Å². The molecule has 0 radical (unpaired) electrons. The molecule has 1 aliphatic rings. The van der Waals surface area contributed by atoms with E-state index in [1.807, 2.05) is 6.20 Å². The molecule has 72 heavy (non-hydrogen) atoms. The minimum Gasteiger partial charge on any atom is -0.457 e. The van der Waals surface area contributed by atoms with E-state index in [0.717, 1.165) is 45.1 Å². The fraction of sp³-hybridized carbons (Fsp3) is 0.209. The molecule has 11 rings (SSSR count). The normalized spacial score (nSPS) is 13.2. The Morgan fingerprint density at radius 1 is 0.375 bits per heavy atom. The first kappa shape index (κ1) is 46.5. The van der Waals surface area contributed by atoms with Crippen molar-refractivity contribution in [1.29, 1.82) is 0 Å². The molecule has 2 aromatic heterocycles. The molecule has 0 amide bonds. The summed E-state index contributed by atoms with van der Waals surface area (Å²) in [6, 6.07) is 74.9. The van der Waals surface area contributed by atoms with Crippen molar-refractivity contribution in [3.05, 3.63) is 251 Å². The topological polar surface area (TPSA) is 33.5 Å². The number of pyridine rings is 1. The van der Waals surface area contributed by atoms with Gasteiger partial charge < -0.3 is 14.5 Å². The van der Waals surface area contributed by atoms with E-state index in [-0.39, 0.29) is 21.7 Å². The summed E-state index contributed by atoms with van der Waals surface area (Å²) >= 11 is 0. The Kier molecular flexibility index (Phi) is 11.5. The predicted molar refractivity (Wildman–Crippen MR) is 302 cm³/mol. The first-order valence-electron chi connectivity index (χ1n) is 25.4. The molecule has 8 aromatic carbocycles. The summed E-state index contributed by atoms with van der Waals surface area (Å²) in [6.45, 7) is 21.4. The van der Waals surface area contributed by atoms with Gasteiger partial charge in [0, 0.05) is 56.7 Å². The van der Waals surface area contributed by atoms with Crippen LogP contribution in [0.15, 0.2) is 212 Å². The molecule has 0 N–H and O–H groups in total. The Morgan fingerprint density at radius 3 is 1.44 bits per heavy atom. The number of nitrogens with zero attached hydrogens (tertiary/aromatic N) is 4. The van der Waals surface area contributed by atoms with E-state index in [1.54, 1.807) is 0 Å². The Balaban J connectivity index is 0.966. The molecule has 5 nitrogen and oxygen atoms in total. The van der Waals surface area contributed by atoms with Crippen molar-refractivity contribution in [2.45, 2.75) is 84.0 Å². The number of anilines is 4. The molecule has 0 unspecified atom stereocenters. The number of fused-ring (bicyclic) bond motifs is 4. The highest BCUT2D eigenvalue weighted by atomic mass is 16.5. The zero-order valence-electron chi connectivity index (χ0n) is 43.1. The number of aromatic nitrogens is 2. The summed E-state index contributed by atoms with van der Waals surface area (Å²) < 4.78 is 9.23. The predicted octanol–water partition coefficient (Wildman–Crippen LogP) is 17.5. The lowest BCUT2D eigenvalue weighted by atomic mass is 9.73. The van der Waals surface area contributed by atoms with Crippen LogP contribution < -0.4 is 14.5 Å². The van der Waals surface area contributed by atoms with E-state index in [9.17, 15) is 0 Å². The molecular weight excluding hydrogens is 877 g/mol. The van der Waals surface area contributed by atoms with Crippen LogP contribution in [0.2, 0.25) is 0 Å². The second kappa shape index (κ2) is 17.8. The fourth-order valence-electron chi connectivity index (χ4n) is 10.8. The van der Waals surface area contributed by atoms with Crippen LogP contribution in [0.25, 0.3) is 27.6 Å². The first-order valence-corrected chi connectivity index (χ1v) is 25.4. The number of ether oxygens (including phenoxy) is 1. The molecule has 0 saturated carbocycles. The zero-order valence-corrected chi connectivity index (χ0v) is 43.1. The summed E-state index contributed by atoms with van der Waals surface area (Å²) in [5.74, 6) is 2.41. The van der Waals surface area contributed by atoms with Crippen molar-refractivity contribution in [1.82, 2.24) is 9.55 Å². The molecule has 3 heterocycles. The molecule has 1 aliphatic heterocycles. The summed E-state index contributed by atoms with van der Waals surface area (Å²) in [6.07, 6.45) is 1.96. The molecule has 358 valence electrons. The lowest BCUT2D eigenvalue weighted by molar-refractivity contribution is 0.483. The van der Waals surface area contributed by atoms with Gasteiger partial charge in [-0.3, -0.25) is 4.57 Å². The van der Waals surface area contributed by atoms with Crippen LogP contribution in [0.3, 0.4) is 0 Å². The number of benzene rings is 8. The Hall–Kier alpha value is -7.89. The van der Waals surface area contributed by atoms with E-state index in [4.69, 9.17) is 9.72 Å². The van der Waals surface area contributed by atoms with Crippen LogP contribution in [-0.2, 0) is 21.7 Å². The third-order valence-corrected chi connectivity index (χ3v) is 15.6. The summed E-state index contributed by atoms with van der Waals surface area (Å²) in [4.78, 5) is 9.95. The quantitative estimate of drug-likeness (QED) is 0.129. The molecule has 0 spiro atoms. The molecule has 10 aromatic rings. The summed E-state index contributed by atoms with van der Waals surface area (Å²) in [5, 5.41) is 2.34. The highest BCUT2D eigenvalue weighted by Gasteiger charge is 2.33. The Morgan fingerprint density at radius 2 is 0.875 bits per heavy atom. The molecule has 0 fully saturated rings. The van der Waals surface area contributed by atoms with Gasteiger partial charge in [0.25, 0.3) is 0 Å². The summed E-state index contributed by atoms with van der Waals surface area (Å²) in [5.41, 5.74) is 14.8. The second-order valence-electron chi connectivity index (χ2n) is 22.2. The molecule has 0 bridgehead atoms. The maximum absolute atomic E-state index is 6.90. The van der Waals surface area contributed by atoms with Crippen LogP contribution in [-0.4, -0.2) is 16.2 Å². The average Bonchev–Trinajstić information content (AvgIpc) is 3.95. The molecule has 0 saturated heterocycles. The largest absolute Gasteiger partial charge is 0.457 e. The lowest BCUT2D eigenvalue weighted by Gasteiger charge is -2.33. The molecule has 0 aliphatic carbocycles. The number of rotatable bonds is 11. The molecule has 0 atom stereocenters. The van der Waals surface area contributed by atoms with E-state index < -0.39 is 0 Å². The van der Waals surface area contributed by atoms with Crippen LogP contribution >= 0.6 is 0 Å². The van der Waals surface area contributed by atoms with Crippen molar-refractivity contribution >= 4 is 44.6 Å². The van der Waals surface area contributed by atoms with E-state index in [0.29, 0.717) is 6.67 Å². The second-order valence-corrected chi connectivity index (χ2v) is 22.2. The van der Waals surface area contributed by atoms with Crippen LogP contribution in [0, 0.1) is 0 Å². The van der Waals surface area contributed by atoms with E-state index >= 15 is 0 Å². The maximum Gasteiger partial charge on any atom is 0.137 e. The highest BCUT2D eigenvalue weighted by Crippen LogP contribution is 2.48. The first-order chi connectivity index (χ1) is 34.6. The minimum absolute atomic E-state index is 0.0300. The van der Waals surface area contributed by atoms with Gasteiger partial charge in [-0.25, -0.2) is 4.98 Å². The number of para-hydroxylation sites is 2. The fourth-order valence-corrected chi connectivity index (χ4v) is 10.8. The standard InChI is InChI=1S/C67H64N4O/c1-64(2,3)49-32-34-57-58-35-33-56(44-62(58)71(61(57)41-49)63-42-50(36-37-68-63)65(4,5)46-22-13-10-14-23-46)72-55-29-21-28-53(43-55)69-45-70(60-31-20-19-30-59(60)69)54-39-51(66(6,7)47-24-15-11-16-25-47)38-52(40-54)67(8,9)48-26-17-12-18-27-48/h10-44H,45H2,1-9H3. The van der Waals surface area contributed by atoms with Crippen molar-refractivity contribution < 1.29 is 4.74 Å². The van der Waals surface area contributed by atoms with Gasteiger partial charge >= 0.3 is 0 Å². The van der Waals surface area contributed by atoms with E-state index in [1.165, 1.54) is 55.7 Å². The van der Waals surface area contributed by atoms with Gasteiger partial charge in [-0.05, 0) is 111 Å². The number of hydrogen-bond acceptors (Lipinski definition) is 4. The lowest BCUT2D eigenvalue weighted by Crippen LogP contribution is -2.27. The monoisotopic (exact) mass is 941 g/mol. The molecular formula is C67H64N4O. The van der Waals surface area contributed by atoms with Crippen LogP contribution in [0.1, 0.15) is 101 Å². The van der Waals surface area contributed by atoms with Crippen molar-refractivity contribution in [3.8, 4) is 17.3 Å². The minimum atomic E-state index is -0.240. The van der Waals surface area contributed by atoms with Gasteiger partial charge in [-0.2, -0.15) is 0 Å². The zero-order chi connectivity index (χ0) is 50.0. The smallest absolute Gasteiger partial charge is 0.137 e. The third-order valence-electron chi connectivity index (χ3n) is 15.6.